The summed E-state index contributed by atoms with van der Waals surface area (Å²) in [5.41, 5.74) is 9.04. The maximum absolute atomic E-state index is 12.4. The number of rotatable bonds is 8. The van der Waals surface area contributed by atoms with Crippen molar-refractivity contribution in [2.75, 3.05) is 0 Å². The first kappa shape index (κ1) is 29.3. The van der Waals surface area contributed by atoms with Crippen molar-refractivity contribution in [1.29, 1.82) is 0 Å². The predicted molar refractivity (Wildman–Crippen MR) is 160 cm³/mol. The lowest BCUT2D eigenvalue weighted by atomic mass is 9.89. The van der Waals surface area contributed by atoms with E-state index in [1.54, 1.807) is 32.9 Å². The average Bonchev–Trinajstić information content (AvgIpc) is 3.33. The van der Waals surface area contributed by atoms with Crippen molar-refractivity contribution in [3.8, 4) is 33.8 Å². The summed E-state index contributed by atoms with van der Waals surface area (Å²) in [6, 6.07) is 15.5. The van der Waals surface area contributed by atoms with E-state index in [4.69, 9.17) is 14.2 Å². The third kappa shape index (κ3) is 6.22. The van der Waals surface area contributed by atoms with Gasteiger partial charge in [0.2, 0.25) is 0 Å². The van der Waals surface area contributed by atoms with E-state index in [2.05, 4.69) is 44.9 Å². The molecule has 0 heterocycles. The second-order valence-electron chi connectivity index (χ2n) is 10.6. The van der Waals surface area contributed by atoms with Gasteiger partial charge in [0, 0.05) is 16.7 Å². The molecule has 0 spiro atoms. The molecule has 6 nitrogen and oxygen atoms in total. The molecule has 0 amide bonds. The van der Waals surface area contributed by atoms with Crippen molar-refractivity contribution >= 4 is 17.9 Å². The molecule has 1 aliphatic rings. The SMILES string of the molecule is C=C(C)C(=O)Oc1ccc(-c2cc(C)c(-c3cccc4c3CCC4OC(=O)C(=C)C)cc2C)cc1OC(=O)C(=C)C. The first-order valence-electron chi connectivity index (χ1n) is 13.4. The predicted octanol–water partition coefficient (Wildman–Crippen LogP) is 7.71. The van der Waals surface area contributed by atoms with Crippen LogP contribution in [0.2, 0.25) is 0 Å². The van der Waals surface area contributed by atoms with Crippen molar-refractivity contribution in [1.82, 2.24) is 0 Å². The van der Waals surface area contributed by atoms with Crippen LogP contribution in [0.5, 0.6) is 11.5 Å². The molecule has 3 aromatic rings. The Hall–Kier alpha value is -4.71. The molecule has 0 saturated heterocycles. The van der Waals surface area contributed by atoms with Gasteiger partial charge in [0.1, 0.15) is 6.10 Å². The minimum Gasteiger partial charge on any atom is -0.454 e. The van der Waals surface area contributed by atoms with E-state index < -0.39 is 11.9 Å². The monoisotopic (exact) mass is 550 g/mol. The molecule has 0 saturated carbocycles. The summed E-state index contributed by atoms with van der Waals surface area (Å²) in [5.74, 6) is -1.39. The van der Waals surface area contributed by atoms with Gasteiger partial charge >= 0.3 is 17.9 Å². The lowest BCUT2D eigenvalue weighted by Crippen LogP contribution is -2.12. The van der Waals surface area contributed by atoms with E-state index in [1.165, 1.54) is 5.56 Å². The maximum Gasteiger partial charge on any atom is 0.338 e. The zero-order chi connectivity index (χ0) is 30.0. The molecule has 0 bridgehead atoms. The highest BCUT2D eigenvalue weighted by Crippen LogP contribution is 2.42. The van der Waals surface area contributed by atoms with Gasteiger partial charge in [-0.15, -0.1) is 0 Å². The highest BCUT2D eigenvalue weighted by molar-refractivity contribution is 5.92. The molecular weight excluding hydrogens is 516 g/mol. The fraction of sp³-hybridized carbons (Fsp3) is 0.229. The number of fused-ring (bicyclic) bond motifs is 1. The maximum atomic E-state index is 12.4. The van der Waals surface area contributed by atoms with Crippen LogP contribution in [0.3, 0.4) is 0 Å². The van der Waals surface area contributed by atoms with E-state index >= 15 is 0 Å². The van der Waals surface area contributed by atoms with E-state index in [9.17, 15) is 14.4 Å². The van der Waals surface area contributed by atoms with Gasteiger partial charge in [-0.3, -0.25) is 0 Å². The average molecular weight is 551 g/mol. The quantitative estimate of drug-likeness (QED) is 0.162. The van der Waals surface area contributed by atoms with Gasteiger partial charge in [-0.2, -0.15) is 0 Å². The third-order valence-corrected chi connectivity index (χ3v) is 7.03. The van der Waals surface area contributed by atoms with Gasteiger partial charge in [0.15, 0.2) is 11.5 Å². The Labute approximate surface area is 241 Å². The largest absolute Gasteiger partial charge is 0.454 e. The molecule has 0 fully saturated rings. The Bertz CT molecular complexity index is 1620. The molecule has 0 N–H and O–H groups in total. The van der Waals surface area contributed by atoms with Gasteiger partial charge in [-0.1, -0.05) is 56.1 Å². The van der Waals surface area contributed by atoms with Gasteiger partial charge < -0.3 is 14.2 Å². The fourth-order valence-electron chi connectivity index (χ4n) is 4.85. The first-order chi connectivity index (χ1) is 19.4. The first-order valence-corrected chi connectivity index (χ1v) is 13.4. The van der Waals surface area contributed by atoms with Crippen LogP contribution in [0.15, 0.2) is 85.0 Å². The van der Waals surface area contributed by atoms with Gasteiger partial charge in [0.25, 0.3) is 0 Å². The van der Waals surface area contributed by atoms with Crippen molar-refractivity contribution < 1.29 is 28.6 Å². The Morgan fingerprint density at radius 3 is 1.93 bits per heavy atom. The van der Waals surface area contributed by atoms with E-state index in [0.717, 1.165) is 51.8 Å². The van der Waals surface area contributed by atoms with Gasteiger partial charge in [0.05, 0.1) is 0 Å². The lowest BCUT2D eigenvalue weighted by molar-refractivity contribution is -0.144. The molecule has 4 rings (SSSR count). The molecule has 1 atom stereocenters. The van der Waals surface area contributed by atoms with Crippen molar-refractivity contribution in [2.45, 2.75) is 53.6 Å². The summed E-state index contributed by atoms with van der Waals surface area (Å²) < 4.78 is 16.7. The number of benzene rings is 3. The standard InChI is InChI=1S/C35H34O6/c1-19(2)33(36)39-30-15-13-26-25(10-9-11-27(26)30)29-17-22(7)28(16-23(29)8)24-12-14-31(40-34(37)20(3)4)32(18-24)41-35(38)21(5)6/h9-12,14,16-18,30H,1,3,5,13,15H2,2,4,6-8H3. The van der Waals surface area contributed by atoms with Crippen LogP contribution in [0.1, 0.15) is 55.5 Å². The third-order valence-electron chi connectivity index (χ3n) is 7.03. The van der Waals surface area contributed by atoms with Crippen LogP contribution in [0.25, 0.3) is 22.3 Å². The zero-order valence-electron chi connectivity index (χ0n) is 24.2. The summed E-state index contributed by atoms with van der Waals surface area (Å²) in [5, 5.41) is 0. The molecule has 0 radical (unpaired) electrons. The molecule has 210 valence electrons. The minimum absolute atomic E-state index is 0.113. The van der Waals surface area contributed by atoms with E-state index in [0.29, 0.717) is 5.57 Å². The summed E-state index contributed by atoms with van der Waals surface area (Å²) in [4.78, 5) is 36.7. The molecule has 6 heteroatoms. The Morgan fingerprint density at radius 2 is 1.29 bits per heavy atom. The molecule has 1 aliphatic carbocycles. The zero-order valence-corrected chi connectivity index (χ0v) is 24.2. The molecule has 3 aromatic carbocycles. The smallest absolute Gasteiger partial charge is 0.338 e. The van der Waals surface area contributed by atoms with Crippen molar-refractivity contribution in [3.05, 3.63) is 107 Å². The molecule has 0 aromatic heterocycles. The van der Waals surface area contributed by atoms with Crippen LogP contribution in [0.4, 0.5) is 0 Å². The normalized spacial score (nSPS) is 13.6. The van der Waals surface area contributed by atoms with Crippen LogP contribution in [-0.4, -0.2) is 17.9 Å². The summed E-state index contributed by atoms with van der Waals surface area (Å²) in [7, 11) is 0. The Kier molecular flexibility index (Phi) is 8.43. The second kappa shape index (κ2) is 11.8. The minimum atomic E-state index is -0.622. The van der Waals surface area contributed by atoms with Crippen molar-refractivity contribution in [3.63, 3.8) is 0 Å². The number of carbonyl (C=O) groups excluding carboxylic acids is 3. The number of hydrogen-bond donors (Lipinski definition) is 0. The molecule has 0 aliphatic heterocycles. The second-order valence-corrected chi connectivity index (χ2v) is 10.6. The number of aryl methyl sites for hydroxylation is 2. The van der Waals surface area contributed by atoms with Gasteiger partial charge in [-0.25, -0.2) is 14.4 Å². The Morgan fingerprint density at radius 1 is 0.707 bits per heavy atom. The molecule has 41 heavy (non-hydrogen) atoms. The van der Waals surface area contributed by atoms with Gasteiger partial charge in [-0.05, 0) is 104 Å². The van der Waals surface area contributed by atoms with Crippen LogP contribution >= 0.6 is 0 Å². The number of ether oxygens (including phenoxy) is 3. The van der Waals surface area contributed by atoms with Crippen LogP contribution in [-0.2, 0) is 25.5 Å². The number of hydrogen-bond acceptors (Lipinski definition) is 6. The lowest BCUT2D eigenvalue weighted by Gasteiger charge is -2.18. The van der Waals surface area contributed by atoms with Crippen LogP contribution in [0, 0.1) is 13.8 Å². The summed E-state index contributed by atoms with van der Waals surface area (Å²) in [6.45, 7) is 19.8. The topological polar surface area (TPSA) is 78.9 Å². The fourth-order valence-corrected chi connectivity index (χ4v) is 4.85. The summed E-state index contributed by atoms with van der Waals surface area (Å²) >= 11 is 0. The highest BCUT2D eigenvalue weighted by atomic mass is 16.6. The molecular formula is C35H34O6. The van der Waals surface area contributed by atoms with Crippen LogP contribution < -0.4 is 9.47 Å². The Balaban J connectivity index is 1.73. The van der Waals surface area contributed by atoms with E-state index in [1.807, 2.05) is 25.1 Å². The molecule has 1 unspecified atom stereocenters. The van der Waals surface area contributed by atoms with E-state index in [-0.39, 0.29) is 34.7 Å². The number of carbonyl (C=O) groups is 3. The summed E-state index contributed by atoms with van der Waals surface area (Å²) in [6.07, 6.45) is 1.25. The highest BCUT2D eigenvalue weighted by Gasteiger charge is 2.28. The number of esters is 3. The van der Waals surface area contributed by atoms with Crippen molar-refractivity contribution in [2.24, 2.45) is 0 Å².